The van der Waals surface area contributed by atoms with Crippen LogP contribution < -0.4 is 10.1 Å². The van der Waals surface area contributed by atoms with E-state index in [-0.39, 0.29) is 17.1 Å². The zero-order valence-corrected chi connectivity index (χ0v) is 28.8. The van der Waals surface area contributed by atoms with Gasteiger partial charge >= 0.3 is 0 Å². The number of nitrogens with zero attached hydrogens (tertiary/aromatic N) is 1. The van der Waals surface area contributed by atoms with Gasteiger partial charge in [-0.05, 0) is 80.2 Å². The lowest BCUT2D eigenvalue weighted by atomic mass is 9.71. The van der Waals surface area contributed by atoms with Crippen LogP contribution in [-0.2, 0) is 0 Å². The van der Waals surface area contributed by atoms with Crippen LogP contribution in [0.1, 0.15) is 142 Å². The number of allylic oxidation sites excluding steroid dienone is 1. The number of amides is 1. The maximum absolute atomic E-state index is 11.9. The van der Waals surface area contributed by atoms with Crippen molar-refractivity contribution in [3.63, 3.8) is 0 Å². The van der Waals surface area contributed by atoms with Gasteiger partial charge in [0.1, 0.15) is 4.90 Å². The third kappa shape index (κ3) is 16.0. The van der Waals surface area contributed by atoms with Gasteiger partial charge in [0.25, 0.3) is 11.8 Å². The standard InChI is InChI=1S/C17H28N2O3S.C14H26.C4H6O/c1-4-5-6-7-11-23-14-13(15(20)18-3)22-19-16(14)21-12-17(2)9-8-10-17;1-6-8-13(5)11-14(9-7-2)10-12(3)4;5-3-4-1-2-4/h4-12H2,1-3H3,(H,18,20);12-14H,6,8,10-11H2,1-5H3;3,5H,1-2H2. The van der Waals surface area contributed by atoms with E-state index in [0.717, 1.165) is 41.7 Å². The van der Waals surface area contributed by atoms with E-state index in [1.54, 1.807) is 18.8 Å². The molecule has 6 nitrogen and oxygen atoms in total. The highest BCUT2D eigenvalue weighted by atomic mass is 32.2. The van der Waals surface area contributed by atoms with Gasteiger partial charge in [-0.15, -0.1) is 23.6 Å². The summed E-state index contributed by atoms with van der Waals surface area (Å²) in [6.45, 7) is 16.2. The van der Waals surface area contributed by atoms with Crippen molar-refractivity contribution >= 4 is 17.7 Å². The monoisotopic (exact) mass is 604 g/mol. The topological polar surface area (TPSA) is 84.6 Å². The number of hydrogen-bond acceptors (Lipinski definition) is 6. The molecule has 0 saturated heterocycles. The average Bonchev–Trinajstić information content (AvgIpc) is 3.70. The fraction of sp³-hybridized carbons (Fsp3) is 0.771. The van der Waals surface area contributed by atoms with Crippen LogP contribution in [-0.4, -0.2) is 35.6 Å². The minimum Gasteiger partial charge on any atom is -0.516 e. The molecule has 3 rings (SSSR count). The Morgan fingerprint density at radius 2 is 1.88 bits per heavy atom. The van der Waals surface area contributed by atoms with E-state index in [1.165, 1.54) is 76.0 Å². The number of aromatic nitrogens is 1. The van der Waals surface area contributed by atoms with Gasteiger partial charge in [0.15, 0.2) is 0 Å². The second-order valence-electron chi connectivity index (χ2n) is 12.7. The largest absolute Gasteiger partial charge is 0.516 e. The molecule has 2 N–H and O–H groups in total. The highest BCUT2D eigenvalue weighted by molar-refractivity contribution is 7.99. The summed E-state index contributed by atoms with van der Waals surface area (Å²) >= 11 is 1.61. The van der Waals surface area contributed by atoms with E-state index in [9.17, 15) is 4.79 Å². The van der Waals surface area contributed by atoms with E-state index in [2.05, 4.69) is 63.9 Å². The number of rotatable bonds is 16. The molecule has 2 atom stereocenters. The molecular formula is C35H60N2O4S. The van der Waals surface area contributed by atoms with Crippen LogP contribution in [0.3, 0.4) is 0 Å². The quantitative estimate of drug-likeness (QED) is 0.0845. The van der Waals surface area contributed by atoms with Gasteiger partial charge in [0, 0.05) is 18.4 Å². The minimum absolute atomic E-state index is 0.245. The normalized spacial score (nSPS) is 15.9. The van der Waals surface area contributed by atoms with Crippen LogP contribution in [0, 0.1) is 35.0 Å². The Hall–Kier alpha value is -2.07. The lowest BCUT2D eigenvalue weighted by Crippen LogP contribution is -2.32. The third-order valence-corrected chi connectivity index (χ3v) is 8.85. The molecule has 2 fully saturated rings. The lowest BCUT2D eigenvalue weighted by Gasteiger charge is -2.37. The molecule has 1 aromatic heterocycles. The molecule has 240 valence electrons. The van der Waals surface area contributed by atoms with E-state index in [0.29, 0.717) is 18.4 Å². The van der Waals surface area contributed by atoms with Crippen molar-refractivity contribution in [1.82, 2.24) is 10.5 Å². The number of thioether (sulfide) groups is 1. The van der Waals surface area contributed by atoms with Crippen molar-refractivity contribution in [3.8, 4) is 17.7 Å². The van der Waals surface area contributed by atoms with Crippen LogP contribution in [0.25, 0.3) is 0 Å². The molecule has 42 heavy (non-hydrogen) atoms. The van der Waals surface area contributed by atoms with Crippen LogP contribution >= 0.6 is 11.8 Å². The number of nitrogens with one attached hydrogen (secondary N) is 1. The smallest absolute Gasteiger partial charge is 0.290 e. The summed E-state index contributed by atoms with van der Waals surface area (Å²) in [6, 6.07) is 0. The summed E-state index contributed by atoms with van der Waals surface area (Å²) in [4.78, 5) is 12.7. The molecule has 0 radical (unpaired) electrons. The summed E-state index contributed by atoms with van der Waals surface area (Å²) in [5, 5.41) is 14.6. The van der Waals surface area contributed by atoms with Gasteiger partial charge in [-0.3, -0.25) is 4.79 Å². The van der Waals surface area contributed by atoms with E-state index < -0.39 is 0 Å². The number of ether oxygens (including phenoxy) is 1. The molecule has 2 saturated carbocycles. The Labute approximate surface area is 261 Å². The van der Waals surface area contributed by atoms with E-state index in [4.69, 9.17) is 14.4 Å². The molecule has 2 aliphatic carbocycles. The van der Waals surface area contributed by atoms with Crippen LogP contribution in [0.5, 0.6) is 5.88 Å². The number of carbonyl (C=O) groups excluding carboxylic acids is 1. The summed E-state index contributed by atoms with van der Waals surface area (Å²) < 4.78 is 11.1. The van der Waals surface area contributed by atoms with Gasteiger partial charge in [0.2, 0.25) is 5.76 Å². The molecule has 7 heteroatoms. The molecule has 0 aromatic carbocycles. The predicted molar refractivity (Wildman–Crippen MR) is 177 cm³/mol. The Balaban J connectivity index is 0.000000391. The first-order valence-electron chi connectivity index (χ1n) is 16.3. The van der Waals surface area contributed by atoms with Crippen molar-refractivity contribution in [3.05, 3.63) is 17.6 Å². The fourth-order valence-corrected chi connectivity index (χ4v) is 5.93. The second-order valence-corrected chi connectivity index (χ2v) is 13.8. The highest BCUT2D eigenvalue weighted by Crippen LogP contribution is 2.41. The van der Waals surface area contributed by atoms with Gasteiger partial charge < -0.3 is 19.7 Å². The summed E-state index contributed by atoms with van der Waals surface area (Å²) in [6.07, 6.45) is 17.1. The van der Waals surface area contributed by atoms with Crippen LogP contribution in [0.2, 0.25) is 0 Å². The van der Waals surface area contributed by atoms with Crippen molar-refractivity contribution in [2.24, 2.45) is 23.2 Å². The Bertz CT molecular complexity index is 965. The van der Waals surface area contributed by atoms with E-state index in [1.807, 2.05) is 6.92 Å². The SMILES string of the molecule is CC#CC(CC(C)C)CC(C)CCC.CCCCCCSc1c(OCC2(C)CCC2)noc1C(=O)NC.OC=C1CC1. The number of unbranched alkanes of at least 4 members (excludes halogenated alkanes) is 3. The molecule has 1 amide bonds. The zero-order valence-electron chi connectivity index (χ0n) is 27.9. The Morgan fingerprint density at radius 1 is 1.17 bits per heavy atom. The molecule has 1 heterocycles. The first-order valence-corrected chi connectivity index (χ1v) is 17.3. The minimum atomic E-state index is -0.252. The van der Waals surface area contributed by atoms with Crippen molar-refractivity contribution in [1.29, 1.82) is 0 Å². The molecule has 2 aliphatic rings. The first kappa shape index (κ1) is 38.0. The number of carbonyl (C=O) groups is 1. The average molecular weight is 605 g/mol. The van der Waals surface area contributed by atoms with Crippen molar-refractivity contribution < 1.29 is 19.2 Å². The van der Waals surface area contributed by atoms with E-state index >= 15 is 0 Å². The maximum atomic E-state index is 11.9. The van der Waals surface area contributed by atoms with Crippen LogP contribution in [0.15, 0.2) is 21.3 Å². The van der Waals surface area contributed by atoms with Gasteiger partial charge in [-0.25, -0.2) is 0 Å². The molecule has 2 unspecified atom stereocenters. The second kappa shape index (κ2) is 21.6. The molecule has 0 aliphatic heterocycles. The zero-order chi connectivity index (χ0) is 31.4. The van der Waals surface area contributed by atoms with Crippen molar-refractivity contribution in [2.75, 3.05) is 19.4 Å². The third-order valence-electron chi connectivity index (χ3n) is 7.71. The number of aliphatic hydroxyl groups excluding tert-OH is 1. The van der Waals surface area contributed by atoms with Gasteiger partial charge in [0.05, 0.1) is 12.9 Å². The number of hydrogen-bond donors (Lipinski definition) is 2. The Morgan fingerprint density at radius 3 is 2.36 bits per heavy atom. The summed E-state index contributed by atoms with van der Waals surface area (Å²) in [7, 11) is 1.59. The maximum Gasteiger partial charge on any atom is 0.290 e. The van der Waals surface area contributed by atoms with Gasteiger partial charge in [-0.1, -0.05) is 80.1 Å². The Kier molecular flexibility index (Phi) is 19.5. The molecular weight excluding hydrogens is 544 g/mol. The lowest BCUT2D eigenvalue weighted by molar-refractivity contribution is 0.0713. The van der Waals surface area contributed by atoms with Crippen molar-refractivity contribution in [2.45, 2.75) is 137 Å². The molecule has 0 bridgehead atoms. The fourth-order valence-electron chi connectivity index (χ4n) is 4.90. The summed E-state index contributed by atoms with van der Waals surface area (Å²) in [5.74, 6) is 10.1. The van der Waals surface area contributed by atoms with Gasteiger partial charge in [-0.2, -0.15) is 0 Å². The first-order chi connectivity index (χ1) is 20.1. The number of aliphatic hydroxyl groups is 1. The molecule has 1 aromatic rings. The van der Waals surface area contributed by atoms with Crippen LogP contribution in [0.4, 0.5) is 0 Å². The summed E-state index contributed by atoms with van der Waals surface area (Å²) in [5.41, 5.74) is 1.43. The molecule has 0 spiro atoms. The predicted octanol–water partition coefficient (Wildman–Crippen LogP) is 10.00. The highest BCUT2D eigenvalue weighted by Gasteiger charge is 2.34.